The Labute approximate surface area is 387 Å². The van der Waals surface area contributed by atoms with Gasteiger partial charge < -0.3 is 49.7 Å². The Morgan fingerprint density at radius 1 is 0.851 bits per heavy atom. The molecule has 3 aromatic carbocycles. The van der Waals surface area contributed by atoms with Gasteiger partial charge in [-0.3, -0.25) is 24.0 Å². The molecule has 3 fully saturated rings. The number of aliphatic hydroxyl groups excluding tert-OH is 1. The van der Waals surface area contributed by atoms with Crippen molar-refractivity contribution in [2.75, 3.05) is 13.2 Å². The normalized spacial score (nSPS) is 30.3. The molecule has 0 radical (unpaired) electrons. The van der Waals surface area contributed by atoms with Crippen LogP contribution in [0.15, 0.2) is 102 Å². The maximum atomic E-state index is 15.6. The van der Waals surface area contributed by atoms with Gasteiger partial charge in [-0.2, -0.15) is 0 Å². The van der Waals surface area contributed by atoms with Crippen molar-refractivity contribution in [2.24, 2.45) is 22.5 Å². The van der Waals surface area contributed by atoms with Crippen molar-refractivity contribution in [3.05, 3.63) is 119 Å². The summed E-state index contributed by atoms with van der Waals surface area (Å²) in [4.78, 5) is 98.3. The van der Waals surface area contributed by atoms with Gasteiger partial charge in [0.25, 0.3) is 5.91 Å². The van der Waals surface area contributed by atoms with Gasteiger partial charge in [0, 0.05) is 44.2 Å². The molecule has 3 aliphatic carbocycles. The highest BCUT2D eigenvalue weighted by Crippen LogP contribution is 2.64. The Morgan fingerprint density at radius 2 is 1.45 bits per heavy atom. The highest BCUT2D eigenvalue weighted by molar-refractivity contribution is 5.96. The molecule has 1 heterocycles. The molecule has 0 spiro atoms. The molecule has 7 rings (SSSR count). The van der Waals surface area contributed by atoms with Gasteiger partial charge in [-0.05, 0) is 54.8 Å². The zero-order valence-electron chi connectivity index (χ0n) is 38.1. The number of ether oxygens (including phenoxy) is 6. The van der Waals surface area contributed by atoms with Crippen LogP contribution in [0.3, 0.4) is 0 Å². The molecule has 5 unspecified atom stereocenters. The fourth-order valence-corrected chi connectivity index (χ4v) is 10.6. The largest absolute Gasteiger partial charge is 0.455 e. The first kappa shape index (κ1) is 48.7. The van der Waals surface area contributed by atoms with Crippen LogP contribution in [0, 0.1) is 16.7 Å². The second-order valence-electron chi connectivity index (χ2n) is 18.4. The molecule has 17 nitrogen and oxygen atoms in total. The monoisotopic (exact) mass is 924 g/mol. The van der Waals surface area contributed by atoms with E-state index in [1.165, 1.54) is 26.0 Å². The molecule has 17 heteroatoms. The standard InChI is InChI=1S/C50H56N2O15/c1-27-33(64-46(60)40(65-36(56)22-23-51)38(30-16-10-7-11-17-30)52-44(58)31-18-12-8-13-19-31)25-50(61)43(66-45(59)32-20-14-9-15-21-32)41-48(6,34(55)24-35-49(41,26-62-35)67-29(3)54)42(57)39(63-28(2)53)37(27)47(50,4)5/h7-21,33-35,38-41,43,55,61H,22-26,51H2,1-6H3,(H,52,58)/t33-,34-,35?,38?,39?,40+,41?,43-,48+,49?,50+/m0/s1. The number of benzene rings is 3. The number of amides is 1. The fraction of sp³-hybridized carbons (Fsp3) is 0.460. The zero-order valence-corrected chi connectivity index (χ0v) is 38.1. The first-order valence-corrected chi connectivity index (χ1v) is 22.1. The van der Waals surface area contributed by atoms with Crippen LogP contribution < -0.4 is 11.1 Å². The molecular weight excluding hydrogens is 869 g/mol. The predicted molar refractivity (Wildman–Crippen MR) is 235 cm³/mol. The average molecular weight is 925 g/mol. The van der Waals surface area contributed by atoms with E-state index in [2.05, 4.69) is 5.32 Å². The molecule has 11 atom stereocenters. The molecule has 0 aromatic heterocycles. The molecule has 2 saturated carbocycles. The SMILES string of the molecule is CC(=O)OC1C(=O)[C@@]2(C)C([C@H](OC(=O)c3ccccc3)[C@]3(O)C[C@H](OC(=O)[C@H](OC(=O)CCN)C(NC(=O)c4ccccc4)c4ccccc4)C(C)=C1C3(C)C)C1(OC(C)=O)COC1C[C@@H]2O. The number of carbonyl (C=O) groups is 7. The third-order valence-corrected chi connectivity index (χ3v) is 14.1. The summed E-state index contributed by atoms with van der Waals surface area (Å²) >= 11 is 0. The topological polar surface area (TPSA) is 253 Å². The number of hydrogen-bond donors (Lipinski definition) is 4. The van der Waals surface area contributed by atoms with Gasteiger partial charge in [0.2, 0.25) is 6.10 Å². The lowest BCUT2D eigenvalue weighted by Crippen LogP contribution is -2.82. The van der Waals surface area contributed by atoms with E-state index < -0.39 is 119 Å². The van der Waals surface area contributed by atoms with E-state index in [4.69, 9.17) is 34.2 Å². The maximum Gasteiger partial charge on any atom is 0.350 e. The van der Waals surface area contributed by atoms with Crippen LogP contribution >= 0.6 is 0 Å². The van der Waals surface area contributed by atoms with Crippen LogP contribution in [0.5, 0.6) is 0 Å². The smallest absolute Gasteiger partial charge is 0.350 e. The molecule has 2 bridgehead atoms. The molecule has 5 N–H and O–H groups in total. The summed E-state index contributed by atoms with van der Waals surface area (Å²) in [5, 5.41) is 28.8. The van der Waals surface area contributed by atoms with Crippen molar-refractivity contribution in [1.82, 2.24) is 5.32 Å². The highest BCUT2D eigenvalue weighted by Gasteiger charge is 2.78. The van der Waals surface area contributed by atoms with Gasteiger partial charge in [0.15, 0.2) is 17.5 Å². The van der Waals surface area contributed by atoms with Crippen molar-refractivity contribution in [3.8, 4) is 0 Å². The first-order chi connectivity index (χ1) is 31.7. The number of carbonyl (C=O) groups excluding carboxylic acids is 7. The fourth-order valence-electron chi connectivity index (χ4n) is 10.6. The number of nitrogens with two attached hydrogens (primary N) is 1. The minimum Gasteiger partial charge on any atom is -0.455 e. The Morgan fingerprint density at radius 3 is 2.00 bits per heavy atom. The van der Waals surface area contributed by atoms with Gasteiger partial charge >= 0.3 is 29.8 Å². The van der Waals surface area contributed by atoms with Crippen LogP contribution in [0.1, 0.15) is 93.1 Å². The first-order valence-electron chi connectivity index (χ1n) is 22.1. The van der Waals surface area contributed by atoms with E-state index in [-0.39, 0.29) is 48.3 Å². The molecule has 1 amide bonds. The lowest BCUT2D eigenvalue weighted by molar-refractivity contribution is -0.346. The number of Topliss-reactive ketones (excluding diaryl/α,β-unsaturated/α-hetero) is 1. The van der Waals surface area contributed by atoms with E-state index in [0.717, 1.165) is 13.8 Å². The summed E-state index contributed by atoms with van der Waals surface area (Å²) in [5.74, 6) is -7.87. The number of hydrogen-bond acceptors (Lipinski definition) is 16. The lowest BCUT2D eigenvalue weighted by atomic mass is 9.44. The second kappa shape index (κ2) is 18.8. The van der Waals surface area contributed by atoms with E-state index in [0.29, 0.717) is 5.56 Å². The molecular formula is C50H56N2O15. The number of ketones is 1. The predicted octanol–water partition coefficient (Wildman–Crippen LogP) is 3.64. The van der Waals surface area contributed by atoms with E-state index in [1.807, 2.05) is 0 Å². The average Bonchev–Trinajstić information content (AvgIpc) is 3.29. The number of fused-ring (bicyclic) bond motifs is 5. The van der Waals surface area contributed by atoms with Gasteiger partial charge in [-0.1, -0.05) is 80.6 Å². The third-order valence-electron chi connectivity index (χ3n) is 14.1. The summed E-state index contributed by atoms with van der Waals surface area (Å²) in [6.07, 6.45) is -11.0. The quantitative estimate of drug-likeness (QED) is 0.108. The lowest BCUT2D eigenvalue weighted by Gasteiger charge is -2.67. The summed E-state index contributed by atoms with van der Waals surface area (Å²) in [7, 11) is 0. The summed E-state index contributed by atoms with van der Waals surface area (Å²) < 4.78 is 36.5. The van der Waals surface area contributed by atoms with Crippen molar-refractivity contribution in [1.29, 1.82) is 0 Å². The molecule has 67 heavy (non-hydrogen) atoms. The summed E-state index contributed by atoms with van der Waals surface area (Å²) in [5.41, 5.74) is -1.62. The minimum atomic E-state index is -2.45. The van der Waals surface area contributed by atoms with Crippen molar-refractivity contribution in [3.63, 3.8) is 0 Å². The Bertz CT molecular complexity index is 2440. The Balaban J connectivity index is 1.42. The molecule has 1 saturated heterocycles. The van der Waals surface area contributed by atoms with Gasteiger partial charge in [-0.25, -0.2) is 9.59 Å². The van der Waals surface area contributed by atoms with Crippen LogP contribution in [0.25, 0.3) is 0 Å². The Hall–Kier alpha value is -6.27. The molecule has 4 aliphatic rings. The van der Waals surface area contributed by atoms with Crippen LogP contribution in [-0.2, 0) is 52.4 Å². The molecule has 3 aromatic rings. The van der Waals surface area contributed by atoms with Crippen LogP contribution in [0.2, 0.25) is 0 Å². The van der Waals surface area contributed by atoms with Crippen molar-refractivity contribution >= 4 is 41.5 Å². The Kier molecular flexibility index (Phi) is 13.6. The van der Waals surface area contributed by atoms with Gasteiger partial charge in [0.1, 0.15) is 30.0 Å². The maximum absolute atomic E-state index is 15.6. The molecule has 1 aliphatic heterocycles. The van der Waals surface area contributed by atoms with Crippen LogP contribution in [0.4, 0.5) is 0 Å². The van der Waals surface area contributed by atoms with Crippen molar-refractivity contribution in [2.45, 2.75) is 115 Å². The number of nitrogens with one attached hydrogen (secondary N) is 1. The number of aliphatic hydroxyl groups is 2. The summed E-state index contributed by atoms with van der Waals surface area (Å²) in [6.45, 7) is 7.74. The van der Waals surface area contributed by atoms with E-state index in [9.17, 15) is 34.2 Å². The zero-order chi connectivity index (χ0) is 48.6. The molecule has 356 valence electrons. The van der Waals surface area contributed by atoms with Gasteiger partial charge in [0.05, 0.1) is 36.0 Å². The van der Waals surface area contributed by atoms with Crippen LogP contribution in [-0.4, -0.2) is 113 Å². The number of rotatable bonds is 13. The summed E-state index contributed by atoms with van der Waals surface area (Å²) in [6, 6.07) is 22.8. The minimum absolute atomic E-state index is 0.0333. The number of esters is 5. The van der Waals surface area contributed by atoms with Gasteiger partial charge in [-0.15, -0.1) is 0 Å². The highest BCUT2D eigenvalue weighted by atomic mass is 16.6. The second-order valence-corrected chi connectivity index (χ2v) is 18.4. The third kappa shape index (κ3) is 8.65. The van der Waals surface area contributed by atoms with E-state index >= 15 is 9.59 Å². The van der Waals surface area contributed by atoms with Crippen molar-refractivity contribution < 1.29 is 72.2 Å². The van der Waals surface area contributed by atoms with E-state index in [1.54, 1.807) is 92.7 Å².